The van der Waals surface area contributed by atoms with Crippen LogP contribution in [0.3, 0.4) is 0 Å². The van der Waals surface area contributed by atoms with Crippen LogP contribution in [0.4, 0.5) is 0 Å². The topological polar surface area (TPSA) is 48.2 Å². The largest absolute Gasteiger partial charge is 0.379 e. The van der Waals surface area contributed by atoms with E-state index in [4.69, 9.17) is 0 Å². The fraction of sp³-hybridized carbons (Fsp3) is 0.286. The van der Waals surface area contributed by atoms with Crippen molar-refractivity contribution in [1.82, 2.24) is 0 Å². The lowest BCUT2D eigenvalue weighted by Gasteiger charge is -2.14. The van der Waals surface area contributed by atoms with Crippen LogP contribution in [0.1, 0.15) is 23.6 Å². The molecule has 0 aliphatic rings. The van der Waals surface area contributed by atoms with E-state index in [1.165, 1.54) is 0 Å². The molecule has 2 rings (SSSR count). The minimum absolute atomic E-state index is 0.675. The van der Waals surface area contributed by atoms with Gasteiger partial charge in [-0.05, 0) is 0 Å². The summed E-state index contributed by atoms with van der Waals surface area (Å²) in [6.45, 7) is 0. The van der Waals surface area contributed by atoms with E-state index in [1.54, 1.807) is 21.3 Å². The average molecular weight is 246 g/mol. The van der Waals surface area contributed by atoms with Crippen molar-refractivity contribution in [3.8, 4) is 0 Å². The summed E-state index contributed by atoms with van der Waals surface area (Å²) in [4.78, 5) is 0. The third-order valence-electron chi connectivity index (χ3n) is 3.10. The molecule has 0 unspecified atom stereocenters. The van der Waals surface area contributed by atoms with Gasteiger partial charge >= 0.3 is 0 Å². The summed E-state index contributed by atoms with van der Waals surface area (Å²) in [6, 6.07) is 11.1. The Morgan fingerprint density at radius 3 is 1.50 bits per heavy atom. The number of aryl methyl sites for hydroxylation is 2. The summed E-state index contributed by atoms with van der Waals surface area (Å²) in [5.41, 5.74) is 1.35. The lowest BCUT2D eigenvalue weighted by molar-refractivity contribution is -0.691. The van der Waals surface area contributed by atoms with Crippen molar-refractivity contribution in [2.75, 3.05) is 0 Å². The standard InChI is InChI=1S/C14H18N2O2/c1-15-9-5-3-7-11(15)13(17)14(18)12-8-4-6-10-16(12)2/h3-10,13-14,17-18H,1-2H3/q+2/t13-,14-/m0/s1. The zero-order valence-corrected chi connectivity index (χ0v) is 10.6. The fourth-order valence-corrected chi connectivity index (χ4v) is 2.01. The first-order valence-corrected chi connectivity index (χ1v) is 5.86. The molecule has 94 valence electrons. The maximum Gasteiger partial charge on any atom is 0.213 e. The molecule has 4 heteroatoms. The maximum atomic E-state index is 10.3. The monoisotopic (exact) mass is 246 g/mol. The Morgan fingerprint density at radius 1 is 0.778 bits per heavy atom. The normalized spacial score (nSPS) is 14.2. The summed E-state index contributed by atoms with van der Waals surface area (Å²) >= 11 is 0. The number of hydrogen-bond acceptors (Lipinski definition) is 2. The predicted molar refractivity (Wildman–Crippen MR) is 65.2 cm³/mol. The van der Waals surface area contributed by atoms with Crippen LogP contribution < -0.4 is 9.13 Å². The van der Waals surface area contributed by atoms with Gasteiger partial charge in [-0.1, -0.05) is 12.1 Å². The van der Waals surface area contributed by atoms with Crippen molar-refractivity contribution >= 4 is 0 Å². The van der Waals surface area contributed by atoms with Gasteiger partial charge in [0, 0.05) is 24.3 Å². The molecular weight excluding hydrogens is 228 g/mol. The number of rotatable bonds is 3. The Morgan fingerprint density at radius 2 is 1.17 bits per heavy atom. The van der Waals surface area contributed by atoms with E-state index in [2.05, 4.69) is 0 Å². The predicted octanol–water partition coefficient (Wildman–Crippen LogP) is 0.103. The van der Waals surface area contributed by atoms with E-state index < -0.39 is 12.2 Å². The third-order valence-corrected chi connectivity index (χ3v) is 3.10. The number of aromatic nitrogens is 2. The van der Waals surface area contributed by atoms with Gasteiger partial charge in [0.25, 0.3) is 0 Å². The summed E-state index contributed by atoms with van der Waals surface area (Å²) in [5, 5.41) is 20.5. The molecule has 18 heavy (non-hydrogen) atoms. The molecule has 0 aromatic carbocycles. The zero-order valence-electron chi connectivity index (χ0n) is 10.6. The van der Waals surface area contributed by atoms with Gasteiger partial charge in [0.15, 0.2) is 24.6 Å². The minimum Gasteiger partial charge on any atom is -0.379 e. The highest BCUT2D eigenvalue weighted by atomic mass is 16.3. The van der Waals surface area contributed by atoms with Crippen LogP contribution >= 0.6 is 0 Å². The van der Waals surface area contributed by atoms with Gasteiger partial charge in [0.1, 0.15) is 14.1 Å². The molecule has 0 aliphatic carbocycles. The molecular formula is C14H18N2O2+2. The second kappa shape index (κ2) is 5.25. The molecule has 0 amide bonds. The van der Waals surface area contributed by atoms with E-state index in [9.17, 15) is 10.2 Å². The van der Waals surface area contributed by atoms with Gasteiger partial charge < -0.3 is 10.2 Å². The Hall–Kier alpha value is -1.78. The van der Waals surface area contributed by atoms with Crippen LogP contribution in [0.25, 0.3) is 0 Å². The first-order valence-electron chi connectivity index (χ1n) is 5.86. The van der Waals surface area contributed by atoms with Crippen molar-refractivity contribution < 1.29 is 19.3 Å². The van der Waals surface area contributed by atoms with E-state index in [0.29, 0.717) is 11.4 Å². The molecule has 0 saturated heterocycles. The minimum atomic E-state index is -0.954. The highest BCUT2D eigenvalue weighted by Gasteiger charge is 2.31. The second-order valence-electron chi connectivity index (χ2n) is 4.36. The van der Waals surface area contributed by atoms with Crippen molar-refractivity contribution in [3.63, 3.8) is 0 Å². The Balaban J connectivity index is 2.33. The lowest BCUT2D eigenvalue weighted by Crippen LogP contribution is -2.39. The second-order valence-corrected chi connectivity index (χ2v) is 4.36. The zero-order chi connectivity index (χ0) is 13.1. The number of aliphatic hydroxyl groups excluding tert-OH is 2. The lowest BCUT2D eigenvalue weighted by atomic mass is 10.1. The first kappa shape index (κ1) is 12.7. The number of nitrogens with zero attached hydrogens (tertiary/aromatic N) is 2. The van der Waals surface area contributed by atoms with Crippen LogP contribution in [0.15, 0.2) is 48.8 Å². The molecule has 0 aliphatic heterocycles. The number of aliphatic hydroxyl groups is 2. The molecule has 0 saturated carbocycles. The third kappa shape index (κ3) is 2.39. The van der Waals surface area contributed by atoms with E-state index in [-0.39, 0.29) is 0 Å². The van der Waals surface area contributed by atoms with Crippen LogP contribution in [0, 0.1) is 0 Å². The van der Waals surface area contributed by atoms with Crippen LogP contribution in [-0.2, 0) is 14.1 Å². The van der Waals surface area contributed by atoms with Gasteiger partial charge in [0.05, 0.1) is 0 Å². The first-order chi connectivity index (χ1) is 8.61. The summed E-state index contributed by atoms with van der Waals surface area (Å²) in [7, 11) is 3.69. The molecule has 0 fully saturated rings. The van der Waals surface area contributed by atoms with Crippen LogP contribution in [-0.4, -0.2) is 10.2 Å². The molecule has 2 heterocycles. The molecule has 2 aromatic rings. The van der Waals surface area contributed by atoms with Gasteiger partial charge in [-0.15, -0.1) is 0 Å². The number of pyridine rings is 2. The summed E-state index contributed by atoms with van der Waals surface area (Å²) < 4.78 is 3.60. The average Bonchev–Trinajstić information content (AvgIpc) is 2.38. The highest BCUT2D eigenvalue weighted by molar-refractivity contribution is 5.08. The molecule has 2 aromatic heterocycles. The van der Waals surface area contributed by atoms with Gasteiger partial charge in [0.2, 0.25) is 11.4 Å². The molecule has 4 nitrogen and oxygen atoms in total. The quantitative estimate of drug-likeness (QED) is 0.755. The summed E-state index contributed by atoms with van der Waals surface area (Å²) in [6.07, 6.45) is 1.78. The number of hydrogen-bond donors (Lipinski definition) is 2. The van der Waals surface area contributed by atoms with E-state index in [0.717, 1.165) is 0 Å². The Labute approximate surface area is 106 Å². The van der Waals surface area contributed by atoms with Crippen molar-refractivity contribution in [1.29, 1.82) is 0 Å². The fourth-order valence-electron chi connectivity index (χ4n) is 2.01. The maximum absolute atomic E-state index is 10.3. The Kier molecular flexibility index (Phi) is 3.69. The van der Waals surface area contributed by atoms with Crippen molar-refractivity contribution in [2.24, 2.45) is 14.1 Å². The molecule has 2 atom stereocenters. The highest BCUT2D eigenvalue weighted by Crippen LogP contribution is 2.24. The van der Waals surface area contributed by atoms with E-state index >= 15 is 0 Å². The smallest absolute Gasteiger partial charge is 0.213 e. The Bertz CT molecular complexity index is 493. The summed E-state index contributed by atoms with van der Waals surface area (Å²) in [5.74, 6) is 0. The van der Waals surface area contributed by atoms with Crippen molar-refractivity contribution in [3.05, 3.63) is 60.2 Å². The van der Waals surface area contributed by atoms with Crippen LogP contribution in [0.2, 0.25) is 0 Å². The molecule has 0 bridgehead atoms. The van der Waals surface area contributed by atoms with Crippen LogP contribution in [0.5, 0.6) is 0 Å². The molecule has 2 N–H and O–H groups in total. The van der Waals surface area contributed by atoms with E-state index in [1.807, 2.05) is 50.8 Å². The van der Waals surface area contributed by atoms with Crippen molar-refractivity contribution in [2.45, 2.75) is 12.2 Å². The SMILES string of the molecule is C[n+]1ccccc1[C@H](O)[C@@H](O)c1cccc[n+]1C. The van der Waals surface area contributed by atoms with Gasteiger partial charge in [-0.2, -0.15) is 0 Å². The van der Waals surface area contributed by atoms with Gasteiger partial charge in [-0.25, -0.2) is 9.13 Å². The van der Waals surface area contributed by atoms with Gasteiger partial charge in [-0.3, -0.25) is 0 Å². The molecule has 0 spiro atoms. The molecule has 0 radical (unpaired) electrons.